The van der Waals surface area contributed by atoms with E-state index in [1.807, 2.05) is 6.92 Å². The van der Waals surface area contributed by atoms with E-state index in [0.717, 1.165) is 6.07 Å². The van der Waals surface area contributed by atoms with Crippen molar-refractivity contribution >= 4 is 11.7 Å². The summed E-state index contributed by atoms with van der Waals surface area (Å²) in [5.74, 6) is -0.413. The first-order valence-corrected chi connectivity index (χ1v) is 7.76. The van der Waals surface area contributed by atoms with Crippen molar-refractivity contribution in [1.29, 1.82) is 0 Å². The maximum atomic E-state index is 13.2. The number of hydrogen-bond donors (Lipinski definition) is 1. The van der Waals surface area contributed by atoms with Crippen molar-refractivity contribution in [3.63, 3.8) is 0 Å². The quantitative estimate of drug-likeness (QED) is 0.801. The Balaban J connectivity index is 2.50. The van der Waals surface area contributed by atoms with Gasteiger partial charge in [0, 0.05) is 48.2 Å². The van der Waals surface area contributed by atoms with Crippen molar-refractivity contribution in [1.82, 2.24) is 4.98 Å². The summed E-state index contributed by atoms with van der Waals surface area (Å²) >= 11 is 0. The number of benzene rings is 1. The molecule has 0 saturated carbocycles. The lowest BCUT2D eigenvalue weighted by atomic mass is 9.96. The van der Waals surface area contributed by atoms with Crippen molar-refractivity contribution in [2.75, 3.05) is 11.9 Å². The fourth-order valence-corrected chi connectivity index (χ4v) is 2.56. The summed E-state index contributed by atoms with van der Waals surface area (Å²) in [5.41, 5.74) is 1.81. The predicted molar refractivity (Wildman–Crippen MR) is 89.0 cm³/mol. The second kappa shape index (κ2) is 7.55. The van der Waals surface area contributed by atoms with Crippen LogP contribution in [0.4, 0.5) is 18.9 Å². The van der Waals surface area contributed by atoms with E-state index in [0.29, 0.717) is 28.9 Å². The van der Waals surface area contributed by atoms with E-state index in [-0.39, 0.29) is 12.2 Å². The molecule has 1 aromatic carbocycles. The summed E-state index contributed by atoms with van der Waals surface area (Å²) in [7, 11) is 0. The molecule has 0 bridgehead atoms. The van der Waals surface area contributed by atoms with Crippen molar-refractivity contribution < 1.29 is 22.7 Å². The molecule has 0 amide bonds. The number of halogens is 3. The highest BCUT2D eigenvalue weighted by molar-refractivity contribution is 5.81. The van der Waals surface area contributed by atoms with Gasteiger partial charge in [0.05, 0.1) is 5.56 Å². The minimum atomic E-state index is -4.41. The van der Waals surface area contributed by atoms with Gasteiger partial charge in [-0.3, -0.25) is 9.78 Å². The second-order valence-electron chi connectivity index (χ2n) is 5.55. The lowest BCUT2D eigenvalue weighted by Gasteiger charge is -2.19. The minimum Gasteiger partial charge on any atom is -0.461 e. The van der Waals surface area contributed by atoms with Crippen molar-refractivity contribution in [3.05, 3.63) is 47.3 Å². The number of hydrogen-bond acceptors (Lipinski definition) is 4. The number of alkyl halides is 3. The summed E-state index contributed by atoms with van der Waals surface area (Å²) in [6, 6.07) is 4.25. The number of carbonyl (C=O) groups excluding carboxylic acids is 1. The van der Waals surface area contributed by atoms with Crippen LogP contribution in [0.5, 0.6) is 0 Å². The smallest absolute Gasteiger partial charge is 0.416 e. The molecule has 0 spiro atoms. The summed E-state index contributed by atoms with van der Waals surface area (Å²) in [6.45, 7) is 5.11. The molecule has 2 aromatic rings. The van der Waals surface area contributed by atoms with E-state index >= 15 is 0 Å². The van der Waals surface area contributed by atoms with Gasteiger partial charge in [0.15, 0.2) is 0 Å². The molecule has 0 saturated heterocycles. The van der Waals surface area contributed by atoms with Gasteiger partial charge in [-0.05, 0) is 31.5 Å². The predicted octanol–water partition coefficient (Wildman–Crippen LogP) is 4.57. The number of nitrogens with one attached hydrogen (secondary N) is 1. The number of esters is 1. The van der Waals surface area contributed by atoms with Gasteiger partial charge in [0.2, 0.25) is 0 Å². The number of ether oxygens (including phenoxy) is 1. The molecule has 0 aliphatic rings. The molecule has 2 rings (SSSR count). The van der Waals surface area contributed by atoms with Gasteiger partial charge >= 0.3 is 12.1 Å². The number of rotatable bonds is 5. The van der Waals surface area contributed by atoms with Gasteiger partial charge in [0.1, 0.15) is 6.61 Å². The van der Waals surface area contributed by atoms with E-state index in [4.69, 9.17) is 4.74 Å². The highest BCUT2D eigenvalue weighted by atomic mass is 19.4. The van der Waals surface area contributed by atoms with Crippen LogP contribution in [-0.2, 0) is 22.3 Å². The van der Waals surface area contributed by atoms with E-state index in [1.54, 1.807) is 18.5 Å². The third kappa shape index (κ3) is 4.49. The van der Waals surface area contributed by atoms with Gasteiger partial charge < -0.3 is 10.1 Å². The van der Waals surface area contributed by atoms with Crippen molar-refractivity contribution in [3.8, 4) is 11.1 Å². The number of pyridine rings is 1. The largest absolute Gasteiger partial charge is 0.461 e. The third-order valence-corrected chi connectivity index (χ3v) is 3.67. The number of carbonyl (C=O) groups is 1. The standard InChI is InChI=1S/C18H19F3N2O2/c1-4-23-17-11(2)16(18(19,20)21)6-5-15(17)14-7-13(8-22-9-14)10-25-12(3)24/h5-9,23H,4,10H2,1-3H3. The third-order valence-electron chi connectivity index (χ3n) is 3.67. The maximum Gasteiger partial charge on any atom is 0.416 e. The average Bonchev–Trinajstić information content (AvgIpc) is 2.54. The Hall–Kier alpha value is -2.57. The van der Waals surface area contributed by atoms with E-state index in [9.17, 15) is 18.0 Å². The zero-order valence-electron chi connectivity index (χ0n) is 14.2. The molecule has 7 heteroatoms. The monoisotopic (exact) mass is 352 g/mol. The lowest BCUT2D eigenvalue weighted by molar-refractivity contribution is -0.142. The fraction of sp³-hybridized carbons (Fsp3) is 0.333. The molecule has 4 nitrogen and oxygen atoms in total. The van der Waals surface area contributed by atoms with Crippen molar-refractivity contribution in [2.45, 2.75) is 33.6 Å². The SMILES string of the molecule is CCNc1c(-c2cncc(COC(C)=O)c2)ccc(C(F)(F)F)c1C. The molecule has 0 atom stereocenters. The summed E-state index contributed by atoms with van der Waals surface area (Å²) < 4.78 is 44.4. The van der Waals surface area contributed by atoms with Crippen LogP contribution in [0.15, 0.2) is 30.6 Å². The molecule has 0 aliphatic heterocycles. The Morgan fingerprint density at radius 1 is 1.28 bits per heavy atom. The molecule has 0 unspecified atom stereocenters. The minimum absolute atomic E-state index is 0.0618. The van der Waals surface area contributed by atoms with E-state index in [1.165, 1.54) is 19.9 Å². The normalized spacial score (nSPS) is 11.3. The average molecular weight is 352 g/mol. The van der Waals surface area contributed by atoms with Gasteiger partial charge in [-0.2, -0.15) is 13.2 Å². The first kappa shape index (κ1) is 18.8. The molecule has 1 N–H and O–H groups in total. The fourth-order valence-electron chi connectivity index (χ4n) is 2.56. The second-order valence-corrected chi connectivity index (χ2v) is 5.55. The van der Waals surface area contributed by atoms with Gasteiger partial charge in [0.25, 0.3) is 0 Å². The van der Waals surface area contributed by atoms with Crippen LogP contribution in [-0.4, -0.2) is 17.5 Å². The molecular formula is C18H19F3N2O2. The highest BCUT2D eigenvalue weighted by Crippen LogP contribution is 2.39. The summed E-state index contributed by atoms with van der Waals surface area (Å²) in [6.07, 6.45) is -1.29. The topological polar surface area (TPSA) is 51.2 Å². The molecule has 1 heterocycles. The molecule has 134 valence electrons. The number of nitrogens with zero attached hydrogens (tertiary/aromatic N) is 1. The van der Waals surface area contributed by atoms with Crippen LogP contribution in [0.2, 0.25) is 0 Å². The molecule has 25 heavy (non-hydrogen) atoms. The van der Waals surface area contributed by atoms with Crippen LogP contribution in [0.3, 0.4) is 0 Å². The van der Waals surface area contributed by atoms with Crippen LogP contribution in [0.25, 0.3) is 11.1 Å². The van der Waals surface area contributed by atoms with E-state index in [2.05, 4.69) is 10.3 Å². The Kier molecular flexibility index (Phi) is 5.66. The maximum absolute atomic E-state index is 13.2. The highest BCUT2D eigenvalue weighted by Gasteiger charge is 2.33. The van der Waals surface area contributed by atoms with E-state index < -0.39 is 17.7 Å². The van der Waals surface area contributed by atoms with Crippen LogP contribution in [0.1, 0.15) is 30.5 Å². The molecular weight excluding hydrogens is 333 g/mol. The Morgan fingerprint density at radius 2 is 2.00 bits per heavy atom. The molecule has 0 fully saturated rings. The molecule has 1 aromatic heterocycles. The number of anilines is 1. The zero-order chi connectivity index (χ0) is 18.6. The van der Waals surface area contributed by atoms with Crippen LogP contribution < -0.4 is 5.32 Å². The summed E-state index contributed by atoms with van der Waals surface area (Å²) in [4.78, 5) is 15.0. The summed E-state index contributed by atoms with van der Waals surface area (Å²) in [5, 5.41) is 3.01. The van der Waals surface area contributed by atoms with Gasteiger partial charge in [-0.25, -0.2) is 0 Å². The molecule has 0 radical (unpaired) electrons. The van der Waals surface area contributed by atoms with Gasteiger partial charge in [-0.15, -0.1) is 0 Å². The first-order valence-electron chi connectivity index (χ1n) is 7.76. The number of aromatic nitrogens is 1. The molecule has 0 aliphatic carbocycles. The lowest BCUT2D eigenvalue weighted by Crippen LogP contribution is -2.11. The van der Waals surface area contributed by atoms with Crippen LogP contribution >= 0.6 is 0 Å². The van der Waals surface area contributed by atoms with Crippen LogP contribution in [0, 0.1) is 6.92 Å². The Labute approximate surface area is 144 Å². The first-order chi connectivity index (χ1) is 11.7. The van der Waals surface area contributed by atoms with Gasteiger partial charge in [-0.1, -0.05) is 6.07 Å². The Bertz CT molecular complexity index is 773. The Morgan fingerprint density at radius 3 is 2.60 bits per heavy atom. The zero-order valence-corrected chi connectivity index (χ0v) is 14.2. The van der Waals surface area contributed by atoms with Crippen molar-refractivity contribution in [2.24, 2.45) is 0 Å².